The molecule has 0 bridgehead atoms. The first-order valence-corrected chi connectivity index (χ1v) is 9.45. The number of nitrogens with one attached hydrogen (secondary N) is 1. The number of hydrogen-bond acceptors (Lipinski definition) is 5. The van der Waals surface area contributed by atoms with E-state index < -0.39 is 0 Å². The first-order valence-electron chi connectivity index (χ1n) is 8.69. The van der Waals surface area contributed by atoms with E-state index in [4.69, 9.17) is 32.7 Å². The maximum atomic E-state index is 13.1. The van der Waals surface area contributed by atoms with Crippen molar-refractivity contribution in [2.75, 3.05) is 27.4 Å². The van der Waals surface area contributed by atoms with Crippen molar-refractivity contribution < 1.29 is 14.3 Å². The van der Waals surface area contributed by atoms with Gasteiger partial charge in [0.25, 0.3) is 5.91 Å². The van der Waals surface area contributed by atoms with E-state index in [1.165, 1.54) is 19.5 Å². The third-order valence-electron chi connectivity index (χ3n) is 4.94. The molecule has 146 valence electrons. The summed E-state index contributed by atoms with van der Waals surface area (Å²) in [6.45, 7) is 0.843. The fraction of sp³-hybridized carbons (Fsp3) is 0.316. The number of aromatic nitrogens is 3. The molecule has 0 fully saturated rings. The average Bonchev–Trinajstić information content (AvgIpc) is 3.10. The highest BCUT2D eigenvalue weighted by Crippen LogP contribution is 2.40. The zero-order chi connectivity index (χ0) is 19.8. The first-order chi connectivity index (χ1) is 13.5. The van der Waals surface area contributed by atoms with Crippen molar-refractivity contribution in [3.63, 3.8) is 0 Å². The maximum Gasteiger partial charge on any atom is 0.292 e. The zero-order valence-corrected chi connectivity index (χ0v) is 16.8. The summed E-state index contributed by atoms with van der Waals surface area (Å²) in [7, 11) is 3.13. The third kappa shape index (κ3) is 3.09. The van der Waals surface area contributed by atoms with Crippen LogP contribution >= 0.6 is 23.2 Å². The number of carbonyl (C=O) groups is 1. The summed E-state index contributed by atoms with van der Waals surface area (Å²) in [6, 6.07) is 3.38. The summed E-state index contributed by atoms with van der Waals surface area (Å²) >= 11 is 12.6. The highest BCUT2D eigenvalue weighted by Gasteiger charge is 2.35. The van der Waals surface area contributed by atoms with Gasteiger partial charge in [-0.2, -0.15) is 0 Å². The maximum absolute atomic E-state index is 13.1. The van der Waals surface area contributed by atoms with Crippen LogP contribution in [-0.2, 0) is 11.2 Å². The molecule has 3 heterocycles. The van der Waals surface area contributed by atoms with Gasteiger partial charge in [-0.15, -0.1) is 0 Å². The van der Waals surface area contributed by atoms with Crippen LogP contribution in [0.5, 0.6) is 5.75 Å². The Bertz CT molecular complexity index is 1040. The van der Waals surface area contributed by atoms with E-state index in [1.54, 1.807) is 18.1 Å². The number of nitrogens with zero attached hydrogens (tertiary/aromatic N) is 3. The van der Waals surface area contributed by atoms with E-state index in [0.717, 1.165) is 22.2 Å². The summed E-state index contributed by atoms with van der Waals surface area (Å²) in [5.74, 6) is 0.352. The summed E-state index contributed by atoms with van der Waals surface area (Å²) in [6.07, 6.45) is 3.61. The van der Waals surface area contributed by atoms with Crippen molar-refractivity contribution >= 4 is 40.0 Å². The summed E-state index contributed by atoms with van der Waals surface area (Å²) < 4.78 is 10.5. The van der Waals surface area contributed by atoms with Gasteiger partial charge >= 0.3 is 0 Å². The van der Waals surface area contributed by atoms with Crippen LogP contribution in [0.25, 0.3) is 10.9 Å². The minimum absolute atomic E-state index is 0.117. The molecule has 9 heteroatoms. The number of methoxy groups -OCH3 is 2. The van der Waals surface area contributed by atoms with E-state index in [-0.39, 0.29) is 17.8 Å². The van der Waals surface area contributed by atoms with Crippen LogP contribution in [0.4, 0.5) is 0 Å². The topological polar surface area (TPSA) is 80.3 Å². The molecule has 1 N–H and O–H groups in total. The number of rotatable bonds is 4. The van der Waals surface area contributed by atoms with Crippen LogP contribution in [-0.4, -0.2) is 53.1 Å². The summed E-state index contributed by atoms with van der Waals surface area (Å²) in [5, 5.41) is 1.89. The lowest BCUT2D eigenvalue weighted by atomic mass is 9.96. The lowest BCUT2D eigenvalue weighted by molar-refractivity contribution is 0.0493. The van der Waals surface area contributed by atoms with Crippen LogP contribution in [0, 0.1) is 0 Å². The van der Waals surface area contributed by atoms with Gasteiger partial charge in [-0.05, 0) is 6.07 Å². The number of fused-ring (bicyclic) bond motifs is 3. The zero-order valence-electron chi connectivity index (χ0n) is 15.3. The molecule has 1 aliphatic heterocycles. The van der Waals surface area contributed by atoms with Crippen molar-refractivity contribution in [1.29, 1.82) is 0 Å². The molecule has 0 saturated carbocycles. The molecule has 1 amide bonds. The second kappa shape index (κ2) is 7.58. The standard InChI is InChI=1S/C19H18Cl2N4O3/c1-27-9-14-15-11-3-4-12(20)16(21)17(11)24-13(15)5-6-25(14)19(26)18-22-7-10(28-2)8-23-18/h3-4,7-8,14,24H,5-6,9H2,1-2H3/t14-/m1/s1. The molecular formula is C19H18Cl2N4O3. The SMILES string of the molecule is COC[C@@H]1c2c([nH]c3c(Cl)c(Cl)ccc23)CCN1C(=O)c1ncc(OC)cn1. The van der Waals surface area contributed by atoms with Crippen LogP contribution < -0.4 is 4.74 Å². The van der Waals surface area contributed by atoms with Gasteiger partial charge in [-0.3, -0.25) is 4.79 Å². The molecule has 0 saturated heterocycles. The van der Waals surface area contributed by atoms with E-state index in [0.29, 0.717) is 35.4 Å². The third-order valence-corrected chi connectivity index (χ3v) is 5.74. The second-order valence-corrected chi connectivity index (χ2v) is 7.25. The van der Waals surface area contributed by atoms with E-state index in [2.05, 4.69) is 15.0 Å². The number of carbonyl (C=O) groups excluding carboxylic acids is 1. The minimum Gasteiger partial charge on any atom is -0.494 e. The van der Waals surface area contributed by atoms with Crippen LogP contribution in [0.2, 0.25) is 10.0 Å². The Morgan fingerprint density at radius 3 is 2.71 bits per heavy atom. The Hall–Kier alpha value is -2.35. The normalized spacial score (nSPS) is 16.3. The van der Waals surface area contributed by atoms with Crippen LogP contribution in [0.15, 0.2) is 24.5 Å². The highest BCUT2D eigenvalue weighted by atomic mass is 35.5. The number of amides is 1. The predicted octanol–water partition coefficient (Wildman–Crippen LogP) is 3.66. The number of H-pyrrole nitrogens is 1. The van der Waals surface area contributed by atoms with Crippen LogP contribution in [0.1, 0.15) is 27.9 Å². The van der Waals surface area contributed by atoms with E-state index in [9.17, 15) is 4.79 Å². The smallest absolute Gasteiger partial charge is 0.292 e. The molecule has 0 aliphatic carbocycles. The molecular weight excluding hydrogens is 403 g/mol. The number of halogens is 2. The molecule has 1 aromatic carbocycles. The largest absolute Gasteiger partial charge is 0.494 e. The lowest BCUT2D eigenvalue weighted by Crippen LogP contribution is -2.42. The van der Waals surface area contributed by atoms with Gasteiger partial charge in [0, 0.05) is 36.7 Å². The number of benzene rings is 1. The fourth-order valence-electron chi connectivity index (χ4n) is 3.63. The van der Waals surface area contributed by atoms with E-state index in [1.807, 2.05) is 6.07 Å². The van der Waals surface area contributed by atoms with Gasteiger partial charge < -0.3 is 19.4 Å². The Balaban J connectivity index is 1.77. The number of hydrogen-bond donors (Lipinski definition) is 1. The van der Waals surface area contributed by atoms with Gasteiger partial charge in [0.15, 0.2) is 5.75 Å². The Labute approximate surface area is 171 Å². The van der Waals surface area contributed by atoms with Gasteiger partial charge in [0.05, 0.1) is 47.7 Å². The molecule has 0 spiro atoms. The molecule has 1 atom stereocenters. The molecule has 3 aromatic rings. The Kier molecular flexibility index (Phi) is 5.14. The lowest BCUT2D eigenvalue weighted by Gasteiger charge is -2.35. The molecule has 0 unspecified atom stereocenters. The van der Waals surface area contributed by atoms with Crippen molar-refractivity contribution in [2.45, 2.75) is 12.5 Å². The number of ether oxygens (including phenoxy) is 2. The average molecular weight is 421 g/mol. The van der Waals surface area contributed by atoms with Crippen molar-refractivity contribution in [1.82, 2.24) is 19.9 Å². The van der Waals surface area contributed by atoms with Crippen molar-refractivity contribution in [3.05, 3.63) is 51.7 Å². The second-order valence-electron chi connectivity index (χ2n) is 6.47. The predicted molar refractivity (Wildman–Crippen MR) is 106 cm³/mol. The number of aromatic amines is 1. The van der Waals surface area contributed by atoms with Gasteiger partial charge in [-0.25, -0.2) is 9.97 Å². The fourth-order valence-corrected chi connectivity index (χ4v) is 4.00. The molecule has 1 aliphatic rings. The molecule has 7 nitrogen and oxygen atoms in total. The quantitative estimate of drug-likeness (QED) is 0.696. The molecule has 4 rings (SSSR count). The monoisotopic (exact) mass is 420 g/mol. The van der Waals surface area contributed by atoms with Gasteiger partial charge in [-0.1, -0.05) is 29.3 Å². The highest BCUT2D eigenvalue weighted by molar-refractivity contribution is 6.45. The van der Waals surface area contributed by atoms with Gasteiger partial charge in [0.1, 0.15) is 0 Å². The molecule has 0 radical (unpaired) electrons. The molecule has 2 aromatic heterocycles. The van der Waals surface area contributed by atoms with Crippen molar-refractivity contribution in [2.24, 2.45) is 0 Å². The summed E-state index contributed by atoms with van der Waals surface area (Å²) in [5.41, 5.74) is 2.79. The first kappa shape index (κ1) is 19.0. The van der Waals surface area contributed by atoms with Gasteiger partial charge in [0.2, 0.25) is 5.82 Å². The minimum atomic E-state index is -0.294. The summed E-state index contributed by atoms with van der Waals surface area (Å²) in [4.78, 5) is 26.5. The molecule has 28 heavy (non-hydrogen) atoms. The Morgan fingerprint density at radius 2 is 2.04 bits per heavy atom. The van der Waals surface area contributed by atoms with Crippen molar-refractivity contribution in [3.8, 4) is 5.75 Å². The Morgan fingerprint density at radius 1 is 1.29 bits per heavy atom. The van der Waals surface area contributed by atoms with E-state index >= 15 is 0 Å². The van der Waals surface area contributed by atoms with Crippen LogP contribution in [0.3, 0.4) is 0 Å².